The highest BCUT2D eigenvalue weighted by Gasteiger charge is 2.44. The maximum absolute atomic E-state index is 10.6. The maximum atomic E-state index is 10.6. The van der Waals surface area contributed by atoms with Gasteiger partial charge < -0.3 is 36.2 Å². The summed E-state index contributed by atoms with van der Waals surface area (Å²) in [6.45, 7) is 0.550. The van der Waals surface area contributed by atoms with Crippen LogP contribution in [0.1, 0.15) is 12.6 Å². The summed E-state index contributed by atoms with van der Waals surface area (Å²) in [7, 11) is 0. The molecule has 0 aliphatic carbocycles. The van der Waals surface area contributed by atoms with Gasteiger partial charge in [0.05, 0.1) is 25.0 Å². The monoisotopic (exact) mass is 524 g/mol. The van der Waals surface area contributed by atoms with Gasteiger partial charge in [-0.25, -0.2) is 15.0 Å². The van der Waals surface area contributed by atoms with Crippen LogP contribution in [0.3, 0.4) is 0 Å². The molecule has 1 fully saturated rings. The first-order valence-electron chi connectivity index (χ1n) is 11.7. The Morgan fingerprint density at radius 2 is 2.05 bits per heavy atom. The Kier molecular flexibility index (Phi) is 7.55. The number of nitrogens with zero attached hydrogens (tertiary/aromatic N) is 5. The number of thioether (sulfide) groups is 1. The minimum Gasteiger partial charge on any atom is -0.472 e. The zero-order valence-electron chi connectivity index (χ0n) is 19.8. The topological polar surface area (TPSA) is 183 Å². The van der Waals surface area contributed by atoms with Gasteiger partial charge in [0, 0.05) is 23.5 Å². The molecular weight excluding hydrogens is 496 g/mol. The third-order valence-electron chi connectivity index (χ3n) is 6.00. The summed E-state index contributed by atoms with van der Waals surface area (Å²) >= 11 is 1.61. The van der Waals surface area contributed by atoms with Crippen molar-refractivity contribution in [3.63, 3.8) is 0 Å². The van der Waals surface area contributed by atoms with Crippen LogP contribution in [-0.2, 0) is 4.74 Å². The molecule has 0 bridgehead atoms. The van der Waals surface area contributed by atoms with Crippen molar-refractivity contribution in [3.05, 3.63) is 55.5 Å². The molecule has 13 heteroatoms. The number of aromatic nitrogens is 4. The number of nitrogens with one attached hydrogen (secondary N) is 1. The van der Waals surface area contributed by atoms with Crippen LogP contribution in [0.2, 0.25) is 0 Å². The number of ether oxygens (including phenoxy) is 1. The summed E-state index contributed by atoms with van der Waals surface area (Å²) in [4.78, 5) is 16.7. The van der Waals surface area contributed by atoms with Crippen LogP contribution < -0.4 is 16.8 Å². The van der Waals surface area contributed by atoms with E-state index in [0.717, 1.165) is 29.0 Å². The first kappa shape index (κ1) is 25.0. The number of imidazole rings is 1. The van der Waals surface area contributed by atoms with Gasteiger partial charge in [0.15, 0.2) is 23.7 Å². The lowest BCUT2D eigenvalue weighted by atomic mass is 10.1. The Labute approximate surface area is 216 Å². The van der Waals surface area contributed by atoms with Crippen molar-refractivity contribution in [1.29, 1.82) is 0 Å². The Bertz CT molecular complexity index is 1360. The summed E-state index contributed by atoms with van der Waals surface area (Å²) in [5.41, 5.74) is 15.6. The summed E-state index contributed by atoms with van der Waals surface area (Å²) < 4.78 is 12.7. The highest BCUT2D eigenvalue weighted by molar-refractivity contribution is 7.99. The molecule has 194 valence electrons. The molecule has 4 aromatic rings. The van der Waals surface area contributed by atoms with Crippen molar-refractivity contribution in [1.82, 2.24) is 19.5 Å². The average molecular weight is 525 g/mol. The van der Waals surface area contributed by atoms with E-state index in [2.05, 4.69) is 25.3 Å². The number of anilines is 2. The van der Waals surface area contributed by atoms with E-state index in [1.165, 1.54) is 12.7 Å². The van der Waals surface area contributed by atoms with Crippen LogP contribution in [0.25, 0.3) is 22.3 Å². The zero-order chi connectivity index (χ0) is 25.8. The lowest BCUT2D eigenvalue weighted by Gasteiger charge is -2.16. The molecule has 0 radical (unpaired) electrons. The van der Waals surface area contributed by atoms with Gasteiger partial charge in [0.1, 0.15) is 24.1 Å². The number of aliphatic hydroxyl groups is 2. The molecule has 0 saturated carbocycles. The first-order valence-corrected chi connectivity index (χ1v) is 12.9. The van der Waals surface area contributed by atoms with Crippen molar-refractivity contribution in [2.75, 3.05) is 29.1 Å². The van der Waals surface area contributed by atoms with Crippen molar-refractivity contribution in [3.8, 4) is 11.1 Å². The number of furan rings is 1. The largest absolute Gasteiger partial charge is 0.472 e. The van der Waals surface area contributed by atoms with Gasteiger partial charge >= 0.3 is 0 Å². The van der Waals surface area contributed by atoms with E-state index in [1.807, 2.05) is 30.3 Å². The zero-order valence-corrected chi connectivity index (χ0v) is 20.7. The lowest BCUT2D eigenvalue weighted by molar-refractivity contribution is -0.0289. The van der Waals surface area contributed by atoms with Crippen molar-refractivity contribution >= 4 is 40.4 Å². The van der Waals surface area contributed by atoms with Crippen molar-refractivity contribution in [2.45, 2.75) is 31.0 Å². The standard InChI is InChI=1S/C24H28N8O4S/c25-21-18-22(29-12-28-21)32(13-30-18)23-20(34)19(33)17(36-23)11-37-8-2-6-27-24(26)31-16-4-1-3-14(9-16)15-5-7-35-10-15/h1,3-5,7,9-10,12-13,17,19-20,23,33-34H,2,6,8,11H2,(H2,25,28,29)(H3,26,27,31)/t17-,19-,20-,23-/m1/s1. The summed E-state index contributed by atoms with van der Waals surface area (Å²) in [6.07, 6.45) is 3.40. The highest BCUT2D eigenvalue weighted by atomic mass is 32.2. The van der Waals surface area contributed by atoms with E-state index in [0.29, 0.717) is 29.4 Å². The number of rotatable bonds is 9. The minimum atomic E-state index is -1.12. The number of aliphatic hydroxyl groups excluding tert-OH is 2. The van der Waals surface area contributed by atoms with Crippen molar-refractivity contribution in [2.24, 2.45) is 10.7 Å². The molecule has 0 spiro atoms. The van der Waals surface area contributed by atoms with Gasteiger partial charge in [-0.1, -0.05) is 12.1 Å². The van der Waals surface area contributed by atoms with Crippen LogP contribution in [0.4, 0.5) is 11.5 Å². The van der Waals surface area contributed by atoms with E-state index in [1.54, 1.807) is 28.9 Å². The number of hydrogen-bond acceptors (Lipinski definition) is 10. The van der Waals surface area contributed by atoms with E-state index in [-0.39, 0.29) is 5.82 Å². The van der Waals surface area contributed by atoms with E-state index < -0.39 is 24.5 Å². The Morgan fingerprint density at radius 3 is 2.89 bits per heavy atom. The molecule has 1 aliphatic heterocycles. The Hall–Kier alpha value is -3.65. The fourth-order valence-corrected chi connectivity index (χ4v) is 5.12. The number of guanidine groups is 1. The van der Waals surface area contributed by atoms with Crippen LogP contribution in [0, 0.1) is 0 Å². The predicted octanol–water partition coefficient (Wildman–Crippen LogP) is 1.84. The fourth-order valence-electron chi connectivity index (χ4n) is 4.11. The Morgan fingerprint density at radius 1 is 1.16 bits per heavy atom. The first-order chi connectivity index (χ1) is 18.0. The van der Waals surface area contributed by atoms with Crippen LogP contribution in [0.15, 0.2) is 64.9 Å². The van der Waals surface area contributed by atoms with Gasteiger partial charge in [-0.15, -0.1) is 0 Å². The molecule has 3 aromatic heterocycles. The highest BCUT2D eigenvalue weighted by Crippen LogP contribution is 2.33. The molecule has 7 N–H and O–H groups in total. The molecule has 1 aromatic carbocycles. The smallest absolute Gasteiger partial charge is 0.193 e. The van der Waals surface area contributed by atoms with E-state index in [4.69, 9.17) is 20.6 Å². The number of nitrogens with two attached hydrogens (primary N) is 2. The molecular formula is C24H28N8O4S. The normalized spacial score (nSPS) is 22.1. The van der Waals surface area contributed by atoms with Gasteiger partial charge in [-0.2, -0.15) is 11.8 Å². The molecule has 0 unspecified atom stereocenters. The second-order valence-electron chi connectivity index (χ2n) is 8.54. The predicted molar refractivity (Wildman–Crippen MR) is 142 cm³/mol. The van der Waals surface area contributed by atoms with Gasteiger partial charge in [-0.05, 0) is 35.9 Å². The van der Waals surface area contributed by atoms with Crippen LogP contribution in [-0.4, -0.2) is 72.1 Å². The number of aliphatic imine (C=N–C) groups is 1. The number of benzene rings is 1. The van der Waals surface area contributed by atoms with Gasteiger partial charge in [-0.3, -0.25) is 9.56 Å². The number of hydrogen-bond donors (Lipinski definition) is 5. The van der Waals surface area contributed by atoms with E-state index >= 15 is 0 Å². The molecule has 37 heavy (non-hydrogen) atoms. The van der Waals surface area contributed by atoms with Crippen LogP contribution >= 0.6 is 11.8 Å². The SMILES string of the molecule is NC(=NCCCSC[C@H]1O[C@@H](n2cnc3c(N)ncnc32)[C@H](O)[C@@H]1O)Nc1cccc(-c2ccoc2)c1. The van der Waals surface area contributed by atoms with Gasteiger partial charge in [0.25, 0.3) is 0 Å². The fraction of sp³-hybridized carbons (Fsp3) is 0.333. The molecule has 0 amide bonds. The van der Waals surface area contributed by atoms with Gasteiger partial charge in [0.2, 0.25) is 0 Å². The molecule has 5 rings (SSSR count). The third-order valence-corrected chi connectivity index (χ3v) is 7.14. The molecule has 4 heterocycles. The average Bonchev–Trinajstić information content (AvgIpc) is 3.63. The number of fused-ring (bicyclic) bond motifs is 1. The van der Waals surface area contributed by atoms with Crippen molar-refractivity contribution < 1.29 is 19.4 Å². The lowest BCUT2D eigenvalue weighted by Crippen LogP contribution is -2.32. The maximum Gasteiger partial charge on any atom is 0.193 e. The second-order valence-corrected chi connectivity index (χ2v) is 9.69. The summed E-state index contributed by atoms with van der Waals surface area (Å²) in [6, 6.07) is 9.73. The molecule has 12 nitrogen and oxygen atoms in total. The quantitative estimate of drug-likeness (QED) is 0.122. The molecule has 1 aliphatic rings. The molecule has 1 saturated heterocycles. The molecule has 4 atom stereocenters. The summed E-state index contributed by atoms with van der Waals surface area (Å²) in [5.74, 6) is 1.88. The van der Waals surface area contributed by atoms with E-state index in [9.17, 15) is 10.2 Å². The Balaban J connectivity index is 1.07. The number of nitrogen functional groups attached to an aromatic ring is 1. The summed E-state index contributed by atoms with van der Waals surface area (Å²) in [5, 5.41) is 24.2. The minimum absolute atomic E-state index is 0.241. The second kappa shape index (κ2) is 11.2. The van der Waals surface area contributed by atoms with Crippen LogP contribution in [0.5, 0.6) is 0 Å². The third kappa shape index (κ3) is 5.54.